The molecule has 0 spiro atoms. The summed E-state index contributed by atoms with van der Waals surface area (Å²) in [5, 5.41) is 15.6. The summed E-state index contributed by atoms with van der Waals surface area (Å²) in [4.78, 5) is 11.7. The van der Waals surface area contributed by atoms with Crippen LogP contribution in [0, 0.1) is 11.3 Å². The highest BCUT2D eigenvalue weighted by Gasteiger charge is 1.99. The molecule has 5 nitrogen and oxygen atoms in total. The van der Waals surface area contributed by atoms with E-state index in [1.165, 1.54) is 4.68 Å². The average molecular weight is 234 g/mol. The van der Waals surface area contributed by atoms with Crippen LogP contribution in [0.15, 0.2) is 17.1 Å². The molecular formula is C12H18N4O. The number of rotatable bonds is 7. The van der Waals surface area contributed by atoms with E-state index in [0.29, 0.717) is 13.0 Å². The summed E-state index contributed by atoms with van der Waals surface area (Å²) < 4.78 is 1.44. The smallest absolute Gasteiger partial charge is 0.268 e. The summed E-state index contributed by atoms with van der Waals surface area (Å²) in [5.41, 5.74) is 0.674. The second kappa shape index (κ2) is 7.44. The van der Waals surface area contributed by atoms with Crippen molar-refractivity contribution >= 4 is 5.69 Å². The van der Waals surface area contributed by atoms with Gasteiger partial charge in [-0.15, -0.1) is 0 Å². The third-order valence-corrected chi connectivity index (χ3v) is 2.36. The van der Waals surface area contributed by atoms with E-state index in [9.17, 15) is 4.79 Å². The van der Waals surface area contributed by atoms with Crippen molar-refractivity contribution in [1.29, 1.82) is 5.26 Å². The van der Waals surface area contributed by atoms with Crippen LogP contribution in [-0.2, 0) is 6.54 Å². The largest absolute Gasteiger partial charge is 0.384 e. The number of unbranched alkanes of at least 4 members (excludes halogenated alkanes) is 2. The Labute approximate surface area is 101 Å². The Kier molecular flexibility index (Phi) is 5.80. The van der Waals surface area contributed by atoms with E-state index in [1.54, 1.807) is 12.3 Å². The SMILES string of the molecule is CCCNc1cnn(CCCCC#N)c(=O)c1. The molecule has 0 bridgehead atoms. The van der Waals surface area contributed by atoms with Gasteiger partial charge in [-0.1, -0.05) is 6.92 Å². The predicted octanol–water partition coefficient (Wildman–Crippen LogP) is 1.76. The van der Waals surface area contributed by atoms with E-state index in [-0.39, 0.29) is 5.56 Å². The maximum atomic E-state index is 11.7. The van der Waals surface area contributed by atoms with E-state index >= 15 is 0 Å². The van der Waals surface area contributed by atoms with E-state index in [0.717, 1.165) is 31.5 Å². The van der Waals surface area contributed by atoms with Crippen LogP contribution in [0.5, 0.6) is 0 Å². The van der Waals surface area contributed by atoms with Gasteiger partial charge in [-0.05, 0) is 19.3 Å². The van der Waals surface area contributed by atoms with Crippen molar-refractivity contribution in [2.24, 2.45) is 0 Å². The van der Waals surface area contributed by atoms with Crippen LogP contribution in [-0.4, -0.2) is 16.3 Å². The number of anilines is 1. The average Bonchev–Trinajstić information content (AvgIpc) is 2.34. The lowest BCUT2D eigenvalue weighted by atomic mass is 10.2. The van der Waals surface area contributed by atoms with E-state index in [1.807, 2.05) is 0 Å². The Hall–Kier alpha value is -1.83. The highest BCUT2D eigenvalue weighted by atomic mass is 16.1. The lowest BCUT2D eigenvalue weighted by Crippen LogP contribution is -2.22. The molecule has 5 heteroatoms. The summed E-state index contributed by atoms with van der Waals surface area (Å²) in [6, 6.07) is 3.65. The summed E-state index contributed by atoms with van der Waals surface area (Å²) in [5.74, 6) is 0. The zero-order valence-corrected chi connectivity index (χ0v) is 10.1. The van der Waals surface area contributed by atoms with Gasteiger partial charge in [0.2, 0.25) is 0 Å². The molecule has 0 saturated heterocycles. The lowest BCUT2D eigenvalue weighted by Gasteiger charge is -2.06. The van der Waals surface area contributed by atoms with Crippen molar-refractivity contribution in [2.45, 2.75) is 39.2 Å². The van der Waals surface area contributed by atoms with Crippen LogP contribution < -0.4 is 10.9 Å². The van der Waals surface area contributed by atoms with Gasteiger partial charge in [-0.25, -0.2) is 4.68 Å². The molecule has 0 unspecified atom stereocenters. The fourth-order valence-corrected chi connectivity index (χ4v) is 1.43. The molecule has 0 saturated carbocycles. The van der Waals surface area contributed by atoms with Crippen LogP contribution in [0.2, 0.25) is 0 Å². The number of aryl methyl sites for hydroxylation is 1. The summed E-state index contributed by atoms with van der Waals surface area (Å²) >= 11 is 0. The van der Waals surface area contributed by atoms with Gasteiger partial charge in [0.15, 0.2) is 0 Å². The molecule has 0 amide bonds. The van der Waals surface area contributed by atoms with Crippen molar-refractivity contribution in [3.05, 3.63) is 22.6 Å². The molecule has 0 aliphatic rings. The van der Waals surface area contributed by atoms with Crippen LogP contribution in [0.1, 0.15) is 32.6 Å². The zero-order chi connectivity index (χ0) is 12.5. The molecule has 0 radical (unpaired) electrons. The maximum Gasteiger partial charge on any atom is 0.268 e. The number of nitriles is 1. The van der Waals surface area contributed by atoms with Gasteiger partial charge in [0.05, 0.1) is 18.0 Å². The maximum absolute atomic E-state index is 11.7. The quantitative estimate of drug-likeness (QED) is 0.730. The number of aromatic nitrogens is 2. The van der Waals surface area contributed by atoms with Crippen LogP contribution in [0.3, 0.4) is 0 Å². The van der Waals surface area contributed by atoms with E-state index in [2.05, 4.69) is 23.4 Å². The molecule has 1 aromatic rings. The Bertz CT molecular complexity index is 433. The van der Waals surface area contributed by atoms with E-state index < -0.39 is 0 Å². The van der Waals surface area contributed by atoms with Crippen molar-refractivity contribution in [2.75, 3.05) is 11.9 Å². The lowest BCUT2D eigenvalue weighted by molar-refractivity contribution is 0.535. The highest BCUT2D eigenvalue weighted by Crippen LogP contribution is 2.01. The molecular weight excluding hydrogens is 216 g/mol. The summed E-state index contributed by atoms with van der Waals surface area (Å²) in [6.07, 6.45) is 4.83. The van der Waals surface area contributed by atoms with Gasteiger partial charge in [0.1, 0.15) is 0 Å². The summed E-state index contributed by atoms with van der Waals surface area (Å²) in [6.45, 7) is 3.48. The zero-order valence-electron chi connectivity index (χ0n) is 10.1. The van der Waals surface area contributed by atoms with Gasteiger partial charge in [-0.2, -0.15) is 10.4 Å². The van der Waals surface area contributed by atoms with Gasteiger partial charge in [-0.3, -0.25) is 4.79 Å². The fraction of sp³-hybridized carbons (Fsp3) is 0.583. The molecule has 17 heavy (non-hydrogen) atoms. The number of hydrogen-bond donors (Lipinski definition) is 1. The minimum atomic E-state index is -0.0944. The second-order valence-electron chi connectivity index (χ2n) is 3.85. The second-order valence-corrected chi connectivity index (χ2v) is 3.85. The van der Waals surface area contributed by atoms with Crippen LogP contribution >= 0.6 is 0 Å². The van der Waals surface area contributed by atoms with Gasteiger partial charge in [0.25, 0.3) is 5.56 Å². The molecule has 0 aliphatic carbocycles. The third-order valence-electron chi connectivity index (χ3n) is 2.36. The van der Waals surface area contributed by atoms with Crippen molar-refractivity contribution in [3.8, 4) is 6.07 Å². The molecule has 92 valence electrons. The Morgan fingerprint density at radius 2 is 2.35 bits per heavy atom. The van der Waals surface area contributed by atoms with Crippen molar-refractivity contribution in [3.63, 3.8) is 0 Å². The van der Waals surface area contributed by atoms with Crippen LogP contribution in [0.4, 0.5) is 5.69 Å². The van der Waals surface area contributed by atoms with Crippen molar-refractivity contribution in [1.82, 2.24) is 9.78 Å². The molecule has 0 fully saturated rings. The van der Waals surface area contributed by atoms with E-state index in [4.69, 9.17) is 5.26 Å². The number of hydrogen-bond acceptors (Lipinski definition) is 4. The first-order chi connectivity index (χ1) is 8.27. The van der Waals surface area contributed by atoms with Gasteiger partial charge in [0, 0.05) is 25.6 Å². The molecule has 1 N–H and O–H groups in total. The Morgan fingerprint density at radius 1 is 1.53 bits per heavy atom. The molecule has 0 aromatic carbocycles. The Balaban J connectivity index is 2.52. The molecule has 0 atom stereocenters. The fourth-order valence-electron chi connectivity index (χ4n) is 1.43. The monoisotopic (exact) mass is 234 g/mol. The van der Waals surface area contributed by atoms with Crippen molar-refractivity contribution < 1.29 is 0 Å². The minimum absolute atomic E-state index is 0.0944. The normalized spacial score (nSPS) is 9.88. The molecule has 0 aliphatic heterocycles. The molecule has 1 heterocycles. The number of nitrogens with zero attached hydrogens (tertiary/aromatic N) is 3. The first-order valence-electron chi connectivity index (χ1n) is 5.96. The van der Waals surface area contributed by atoms with Gasteiger partial charge >= 0.3 is 0 Å². The Morgan fingerprint density at radius 3 is 3.00 bits per heavy atom. The highest BCUT2D eigenvalue weighted by molar-refractivity contribution is 5.38. The topological polar surface area (TPSA) is 70.7 Å². The number of nitrogens with one attached hydrogen (secondary N) is 1. The molecule has 1 rings (SSSR count). The summed E-state index contributed by atoms with van der Waals surface area (Å²) in [7, 11) is 0. The predicted molar refractivity (Wildman–Crippen MR) is 66.7 cm³/mol. The molecule has 1 aromatic heterocycles. The minimum Gasteiger partial charge on any atom is -0.384 e. The first-order valence-corrected chi connectivity index (χ1v) is 5.96. The van der Waals surface area contributed by atoms with Crippen LogP contribution in [0.25, 0.3) is 0 Å². The van der Waals surface area contributed by atoms with Gasteiger partial charge < -0.3 is 5.32 Å². The third kappa shape index (κ3) is 4.68. The standard InChI is InChI=1S/C12H18N4O/c1-2-7-14-11-9-12(17)16(15-10-11)8-5-3-4-6-13/h9-10,14H,2-5,7-8H2,1H3. The first kappa shape index (κ1) is 13.2.